The molecule has 1 amide bonds. The topological polar surface area (TPSA) is 95.0 Å². The van der Waals surface area contributed by atoms with Crippen LogP contribution in [0.1, 0.15) is 109 Å². The molecule has 0 saturated heterocycles. The molecular formula is C28H50N2O6SSi. The average Bonchev–Trinajstić information content (AvgIpc) is 3.40. The minimum atomic E-state index is -2.07. The van der Waals surface area contributed by atoms with Gasteiger partial charge in [0.2, 0.25) is 5.91 Å². The molecule has 0 aliphatic rings. The number of thiazole rings is 1. The third-order valence-corrected chi connectivity index (χ3v) is 13.1. The number of nitrogens with zero attached hydrogens (tertiary/aromatic N) is 2. The highest BCUT2D eigenvalue weighted by molar-refractivity contribution is 7.09. The molecule has 0 radical (unpaired) electrons. The Kier molecular flexibility index (Phi) is 15.3. The number of rotatable bonds is 18. The van der Waals surface area contributed by atoms with Crippen molar-refractivity contribution in [1.82, 2.24) is 9.88 Å². The lowest BCUT2D eigenvalue weighted by molar-refractivity contribution is -0.157. The molecule has 38 heavy (non-hydrogen) atoms. The van der Waals surface area contributed by atoms with E-state index >= 15 is 0 Å². The van der Waals surface area contributed by atoms with E-state index in [9.17, 15) is 14.4 Å². The number of hydrogen-bond donors (Lipinski definition) is 0. The number of hydrogen-bond acceptors (Lipinski definition) is 8. The van der Waals surface area contributed by atoms with Gasteiger partial charge in [-0.2, -0.15) is 0 Å². The third-order valence-electron chi connectivity index (χ3n) is 7.50. The van der Waals surface area contributed by atoms with Gasteiger partial charge in [0.05, 0.1) is 13.2 Å². The largest absolute Gasteiger partial charge is 0.464 e. The fourth-order valence-electron chi connectivity index (χ4n) is 4.44. The van der Waals surface area contributed by atoms with Crippen LogP contribution in [0.2, 0.25) is 18.1 Å². The first kappa shape index (κ1) is 34.2. The summed E-state index contributed by atoms with van der Waals surface area (Å²) in [7, 11) is -0.729. The first-order valence-electron chi connectivity index (χ1n) is 14.2. The highest BCUT2D eigenvalue weighted by atomic mass is 32.1. The lowest BCUT2D eigenvalue weighted by Crippen LogP contribution is -2.47. The predicted octanol–water partition coefficient (Wildman–Crippen LogP) is 6.97. The number of amides is 1. The van der Waals surface area contributed by atoms with E-state index in [-0.39, 0.29) is 48.3 Å². The molecule has 0 aromatic carbocycles. The Morgan fingerprint density at radius 1 is 1.05 bits per heavy atom. The fourth-order valence-corrected chi connectivity index (χ4v) is 8.17. The number of esters is 2. The third kappa shape index (κ3) is 10.1. The molecule has 1 heterocycles. The van der Waals surface area contributed by atoms with Gasteiger partial charge < -0.3 is 18.8 Å². The number of aromatic nitrogens is 1. The summed E-state index contributed by atoms with van der Waals surface area (Å²) >= 11 is 1.38. The molecule has 0 spiro atoms. The lowest BCUT2D eigenvalue weighted by atomic mass is 9.95. The van der Waals surface area contributed by atoms with Gasteiger partial charge in [-0.15, -0.1) is 11.3 Å². The normalized spacial score (nSPS) is 14.2. The zero-order chi connectivity index (χ0) is 28.9. The molecule has 218 valence electrons. The number of carbonyl (C=O) groups excluding carboxylic acids is 3. The number of ether oxygens (including phenoxy) is 2. The van der Waals surface area contributed by atoms with Crippen molar-refractivity contribution in [1.29, 1.82) is 0 Å². The van der Waals surface area contributed by atoms with E-state index in [0.29, 0.717) is 30.7 Å². The van der Waals surface area contributed by atoms with Gasteiger partial charge >= 0.3 is 11.9 Å². The van der Waals surface area contributed by atoms with E-state index in [2.05, 4.69) is 53.5 Å². The van der Waals surface area contributed by atoms with Gasteiger partial charge in [0, 0.05) is 24.3 Å². The van der Waals surface area contributed by atoms with Gasteiger partial charge in [-0.25, -0.2) is 9.78 Å². The predicted molar refractivity (Wildman–Crippen MR) is 155 cm³/mol. The van der Waals surface area contributed by atoms with Gasteiger partial charge in [0.1, 0.15) is 5.01 Å². The molecule has 8 nitrogen and oxygen atoms in total. The van der Waals surface area contributed by atoms with Crippen LogP contribution in [0.15, 0.2) is 5.38 Å². The summed E-state index contributed by atoms with van der Waals surface area (Å²) in [5.41, 5.74) is 0.261. The van der Waals surface area contributed by atoms with Crippen LogP contribution in [0.4, 0.5) is 0 Å². The Morgan fingerprint density at radius 2 is 1.68 bits per heavy atom. The smallest absolute Gasteiger partial charge is 0.357 e. The summed E-state index contributed by atoms with van der Waals surface area (Å²) in [5.74, 6) is -0.516. The molecule has 0 saturated carbocycles. The zero-order valence-electron chi connectivity index (χ0n) is 25.0. The van der Waals surface area contributed by atoms with Gasteiger partial charge in [-0.3, -0.25) is 9.59 Å². The molecule has 0 aliphatic heterocycles. The van der Waals surface area contributed by atoms with Crippen molar-refractivity contribution in [3.8, 4) is 0 Å². The molecule has 0 unspecified atom stereocenters. The number of carbonyl (C=O) groups is 3. The molecule has 10 heteroatoms. The highest BCUT2D eigenvalue weighted by Crippen LogP contribution is 2.36. The van der Waals surface area contributed by atoms with Crippen LogP contribution < -0.4 is 0 Å². The van der Waals surface area contributed by atoms with Crippen LogP contribution in [-0.2, 0) is 23.5 Å². The second-order valence-electron chi connectivity index (χ2n) is 10.4. The minimum Gasteiger partial charge on any atom is -0.464 e. The van der Waals surface area contributed by atoms with Crippen molar-refractivity contribution in [3.63, 3.8) is 0 Å². The first-order valence-corrected chi connectivity index (χ1v) is 17.6. The van der Waals surface area contributed by atoms with Gasteiger partial charge in [-0.1, -0.05) is 61.8 Å². The Hall–Kier alpha value is -1.78. The SMILES string of the molecule is CCCC(=O)OCN(C(=O)C[C@@H](C)CC)[C@H](C[C@@H](O[Si](CC)(CC)CC)c1nc(C(=O)OC)cs1)C(C)C. The van der Waals surface area contributed by atoms with E-state index in [1.165, 1.54) is 18.4 Å². The van der Waals surface area contributed by atoms with Crippen LogP contribution in [0.5, 0.6) is 0 Å². The maximum absolute atomic E-state index is 13.6. The quantitative estimate of drug-likeness (QED) is 0.107. The van der Waals surface area contributed by atoms with Crippen molar-refractivity contribution in [2.24, 2.45) is 11.8 Å². The van der Waals surface area contributed by atoms with Gasteiger partial charge in [0.25, 0.3) is 0 Å². The molecule has 1 aromatic rings. The summed E-state index contributed by atoms with van der Waals surface area (Å²) in [4.78, 5) is 44.3. The lowest BCUT2D eigenvalue weighted by Gasteiger charge is -2.39. The van der Waals surface area contributed by atoms with E-state index in [1.807, 2.05) is 6.92 Å². The van der Waals surface area contributed by atoms with Crippen LogP contribution in [0.3, 0.4) is 0 Å². The van der Waals surface area contributed by atoms with E-state index in [1.54, 1.807) is 10.3 Å². The van der Waals surface area contributed by atoms with Crippen molar-refractivity contribution in [2.75, 3.05) is 13.8 Å². The Balaban J connectivity index is 3.46. The monoisotopic (exact) mass is 570 g/mol. The number of methoxy groups -OCH3 is 1. The van der Waals surface area contributed by atoms with Gasteiger partial charge in [0.15, 0.2) is 20.7 Å². The van der Waals surface area contributed by atoms with Crippen LogP contribution in [0, 0.1) is 11.8 Å². The molecular weight excluding hydrogens is 520 g/mol. The first-order chi connectivity index (χ1) is 18.0. The van der Waals surface area contributed by atoms with Crippen molar-refractivity contribution in [2.45, 2.75) is 118 Å². The molecule has 1 rings (SSSR count). The van der Waals surface area contributed by atoms with Crippen molar-refractivity contribution < 1.29 is 28.3 Å². The zero-order valence-corrected chi connectivity index (χ0v) is 26.8. The van der Waals surface area contributed by atoms with Crippen LogP contribution >= 0.6 is 11.3 Å². The highest BCUT2D eigenvalue weighted by Gasteiger charge is 2.38. The second-order valence-corrected chi connectivity index (χ2v) is 16.0. The summed E-state index contributed by atoms with van der Waals surface area (Å²) in [5, 5.41) is 2.41. The minimum absolute atomic E-state index is 0.0273. The molecule has 1 aromatic heterocycles. The molecule has 0 N–H and O–H groups in total. The summed E-state index contributed by atoms with van der Waals surface area (Å²) < 4.78 is 17.4. The van der Waals surface area contributed by atoms with Crippen molar-refractivity contribution in [3.05, 3.63) is 16.1 Å². The molecule has 0 aliphatic carbocycles. The Morgan fingerprint density at radius 3 is 2.18 bits per heavy atom. The fraction of sp³-hybridized carbons (Fsp3) is 0.786. The van der Waals surface area contributed by atoms with E-state index in [4.69, 9.17) is 13.9 Å². The van der Waals surface area contributed by atoms with E-state index < -0.39 is 14.3 Å². The average molecular weight is 571 g/mol. The molecule has 0 bridgehead atoms. The molecule has 3 atom stereocenters. The van der Waals surface area contributed by atoms with Crippen LogP contribution in [-0.4, -0.2) is 55.9 Å². The van der Waals surface area contributed by atoms with Crippen molar-refractivity contribution >= 4 is 37.5 Å². The molecule has 0 fully saturated rings. The Bertz CT molecular complexity index is 865. The maximum Gasteiger partial charge on any atom is 0.357 e. The standard InChI is InChI=1S/C28H50N2O6SSi/c1-10-15-26(32)35-19-30(25(31)16-21(8)11-2)23(20(6)7)17-24(36-38(12-3,13-4)14-5)27-29-22(18-37-27)28(33)34-9/h18,20-21,23-24H,10-17,19H2,1-9H3/t21-,23+,24+/m0/s1. The van der Waals surface area contributed by atoms with E-state index in [0.717, 1.165) is 24.6 Å². The summed E-state index contributed by atoms with van der Waals surface area (Å²) in [6, 6.07) is 2.64. The summed E-state index contributed by atoms with van der Waals surface area (Å²) in [6.45, 7) is 16.6. The second kappa shape index (κ2) is 17.0. The summed E-state index contributed by atoms with van der Waals surface area (Å²) in [6.07, 6.45) is 2.39. The maximum atomic E-state index is 13.6. The van der Waals surface area contributed by atoms with Gasteiger partial charge in [-0.05, 0) is 42.8 Å². The Labute approximate surface area is 235 Å². The van der Waals surface area contributed by atoms with Crippen LogP contribution in [0.25, 0.3) is 0 Å².